The Hall–Kier alpha value is -1.74. The van der Waals surface area contributed by atoms with Gasteiger partial charge in [0, 0.05) is 22.3 Å². The molecule has 1 aliphatic heterocycles. The predicted octanol–water partition coefficient (Wildman–Crippen LogP) is 4.98. The van der Waals surface area contributed by atoms with Crippen molar-refractivity contribution < 1.29 is 27.7 Å². The van der Waals surface area contributed by atoms with Gasteiger partial charge >= 0.3 is 7.82 Å². The van der Waals surface area contributed by atoms with Crippen LogP contribution in [0.3, 0.4) is 0 Å². The van der Waals surface area contributed by atoms with Gasteiger partial charge in [-0.2, -0.15) is 4.98 Å². The van der Waals surface area contributed by atoms with E-state index in [1.807, 2.05) is 48.5 Å². The van der Waals surface area contributed by atoms with Gasteiger partial charge in [0.15, 0.2) is 16.6 Å². The van der Waals surface area contributed by atoms with Crippen molar-refractivity contribution in [2.45, 2.75) is 67.1 Å². The van der Waals surface area contributed by atoms with Crippen molar-refractivity contribution in [3.63, 3.8) is 0 Å². The first kappa shape index (κ1) is 33.8. The van der Waals surface area contributed by atoms with Crippen LogP contribution in [0.25, 0.3) is 5.65 Å². The van der Waals surface area contributed by atoms with Crippen molar-refractivity contribution in [3.05, 3.63) is 11.9 Å². The highest BCUT2D eigenvalue weighted by molar-refractivity contribution is 8.14. The van der Waals surface area contributed by atoms with Crippen molar-refractivity contribution in [1.82, 2.24) is 19.6 Å². The lowest BCUT2D eigenvalue weighted by Gasteiger charge is -2.22. The van der Waals surface area contributed by atoms with Gasteiger partial charge in [-0.1, -0.05) is 60.2 Å². The number of imidazole rings is 1. The van der Waals surface area contributed by atoms with Crippen LogP contribution in [-0.4, -0.2) is 67.2 Å². The lowest BCUT2D eigenvalue weighted by atomic mass is 9.99. The first-order chi connectivity index (χ1) is 19.0. The minimum atomic E-state index is -3.98. The molecule has 0 bridgehead atoms. The zero-order valence-corrected chi connectivity index (χ0v) is 27.2. The molecule has 4 unspecified atom stereocenters. The first-order valence-electron chi connectivity index (χ1n) is 13.3. The van der Waals surface area contributed by atoms with Crippen molar-refractivity contribution in [2.24, 2.45) is 16.7 Å². The molecule has 5 N–H and O–H groups in total. The number of ether oxygens (including phenoxy) is 1. The van der Waals surface area contributed by atoms with Crippen molar-refractivity contribution in [3.8, 4) is 0 Å². The van der Waals surface area contributed by atoms with Gasteiger partial charge in [-0.25, -0.2) is 14.1 Å². The number of aromatic nitrogens is 4. The molecule has 3 heterocycles. The predicted molar refractivity (Wildman–Crippen MR) is 163 cm³/mol. The Labute approximate surface area is 249 Å². The number of carbonyl (C=O) groups is 1. The second-order valence-corrected chi connectivity index (χ2v) is 15.7. The van der Waals surface area contributed by atoms with Gasteiger partial charge in [-0.05, 0) is 12.3 Å². The van der Waals surface area contributed by atoms with Gasteiger partial charge in [-0.15, -0.1) is 16.9 Å². The fourth-order valence-electron chi connectivity index (χ4n) is 3.83. The molecule has 1 saturated heterocycles. The summed E-state index contributed by atoms with van der Waals surface area (Å²) in [6.45, 7) is 13.4. The summed E-state index contributed by atoms with van der Waals surface area (Å²) >= 11 is 2.44. The SMILES string of the molecule is CC1CC(COP(=O)(OCCSC(=N)C(C)(C)C)OCCSC(=O)C(C)(C)C)OC1c1cnc2c(N)nc(N)nn12. The third-order valence-electron chi connectivity index (χ3n) is 6.07. The number of nitrogens with one attached hydrogen (secondary N) is 1. The van der Waals surface area contributed by atoms with Gasteiger partial charge in [0.1, 0.15) is 6.10 Å². The molecule has 13 nitrogen and oxygen atoms in total. The summed E-state index contributed by atoms with van der Waals surface area (Å²) < 4.78 is 38.3. The Morgan fingerprint density at radius 2 is 1.76 bits per heavy atom. The van der Waals surface area contributed by atoms with E-state index in [1.165, 1.54) is 16.3 Å². The summed E-state index contributed by atoms with van der Waals surface area (Å²) in [5, 5.41) is 12.9. The molecule has 4 atom stereocenters. The van der Waals surface area contributed by atoms with E-state index in [0.717, 1.165) is 11.8 Å². The number of rotatable bonds is 12. The van der Waals surface area contributed by atoms with Crippen LogP contribution in [0.5, 0.6) is 0 Å². The maximum Gasteiger partial charge on any atom is 0.474 e. The normalized spacial score (nSPS) is 21.3. The number of nitrogens with zero attached hydrogens (tertiary/aromatic N) is 4. The van der Waals surface area contributed by atoms with E-state index in [2.05, 4.69) is 15.1 Å². The van der Waals surface area contributed by atoms with Crippen molar-refractivity contribution >= 4 is 58.9 Å². The largest absolute Gasteiger partial charge is 0.474 e. The van der Waals surface area contributed by atoms with Crippen LogP contribution in [-0.2, 0) is 27.7 Å². The number of hydrogen-bond donors (Lipinski definition) is 3. The summed E-state index contributed by atoms with van der Waals surface area (Å²) in [5.41, 5.74) is 12.0. The van der Waals surface area contributed by atoms with Crippen LogP contribution in [0.2, 0.25) is 0 Å². The first-order valence-corrected chi connectivity index (χ1v) is 16.8. The minimum Gasteiger partial charge on any atom is -0.380 e. The highest BCUT2D eigenvalue weighted by Gasteiger charge is 2.38. The zero-order chi connectivity index (χ0) is 30.6. The van der Waals surface area contributed by atoms with Crippen molar-refractivity contribution in [2.75, 3.05) is 42.8 Å². The monoisotopic (exact) mass is 631 g/mol. The molecule has 230 valence electrons. The molecule has 0 spiro atoms. The average Bonchev–Trinajstić information content (AvgIpc) is 3.44. The summed E-state index contributed by atoms with van der Waals surface area (Å²) in [5.74, 6) is 0.959. The van der Waals surface area contributed by atoms with Crippen molar-refractivity contribution in [1.29, 1.82) is 5.41 Å². The summed E-state index contributed by atoms with van der Waals surface area (Å²) in [4.78, 5) is 20.5. The third-order valence-corrected chi connectivity index (χ3v) is 10.1. The fraction of sp³-hybridized carbons (Fsp3) is 0.720. The molecule has 41 heavy (non-hydrogen) atoms. The number of nitrogen functional groups attached to an aromatic ring is 2. The van der Waals surface area contributed by atoms with Gasteiger partial charge in [0.2, 0.25) is 5.95 Å². The topological polar surface area (TPSA) is 190 Å². The maximum atomic E-state index is 13.6. The number of fused-ring (bicyclic) bond motifs is 1. The zero-order valence-electron chi connectivity index (χ0n) is 24.7. The average molecular weight is 632 g/mol. The van der Waals surface area contributed by atoms with Gasteiger partial charge in [0.25, 0.3) is 0 Å². The van der Waals surface area contributed by atoms with E-state index < -0.39 is 19.3 Å². The van der Waals surface area contributed by atoms with Gasteiger partial charge in [-0.3, -0.25) is 23.8 Å². The molecule has 1 fully saturated rings. The maximum absolute atomic E-state index is 13.6. The molecular weight excluding hydrogens is 589 g/mol. The van der Waals surface area contributed by atoms with E-state index in [-0.39, 0.29) is 54.1 Å². The number of phosphoric ester groups is 1. The number of nitrogens with two attached hydrogens (primary N) is 2. The molecule has 16 heteroatoms. The molecular formula is C25H42N7O6PS2. The number of hydrogen-bond acceptors (Lipinski definition) is 14. The van der Waals surface area contributed by atoms with Crippen LogP contribution < -0.4 is 11.5 Å². The minimum absolute atomic E-state index is 0.00360. The molecule has 2 aromatic rings. The molecule has 3 rings (SSSR count). The second-order valence-electron chi connectivity index (χ2n) is 11.9. The number of thioether (sulfide) groups is 2. The van der Waals surface area contributed by atoms with Crippen LogP contribution in [0.1, 0.15) is 66.7 Å². The number of anilines is 2. The number of phosphoric acid groups is 1. The smallest absolute Gasteiger partial charge is 0.380 e. The Morgan fingerprint density at radius 1 is 1.12 bits per heavy atom. The fourth-order valence-corrected chi connectivity index (χ4v) is 6.87. The van der Waals surface area contributed by atoms with Gasteiger partial charge < -0.3 is 16.2 Å². The van der Waals surface area contributed by atoms with Gasteiger partial charge in [0.05, 0.1) is 42.9 Å². The van der Waals surface area contributed by atoms with E-state index in [1.54, 1.807) is 6.20 Å². The Morgan fingerprint density at radius 3 is 2.37 bits per heavy atom. The molecule has 2 aromatic heterocycles. The molecule has 0 aliphatic carbocycles. The quantitative estimate of drug-likeness (QED) is 0.123. The Bertz CT molecular complexity index is 1240. The molecule has 0 aromatic carbocycles. The molecule has 0 radical (unpaired) electrons. The lowest BCUT2D eigenvalue weighted by molar-refractivity contribution is -0.117. The van der Waals surface area contributed by atoms with E-state index in [0.29, 0.717) is 34.3 Å². The summed E-state index contributed by atoms with van der Waals surface area (Å²) in [6, 6.07) is 0. The van der Waals surface area contributed by atoms with Crippen LogP contribution in [0.15, 0.2) is 6.20 Å². The highest BCUT2D eigenvalue weighted by Crippen LogP contribution is 2.51. The van der Waals surface area contributed by atoms with Crippen LogP contribution in [0, 0.1) is 22.2 Å². The second kappa shape index (κ2) is 13.7. The Balaban J connectivity index is 1.61. The van der Waals surface area contributed by atoms with E-state index >= 15 is 0 Å². The van der Waals surface area contributed by atoms with E-state index in [9.17, 15) is 9.36 Å². The van der Waals surface area contributed by atoms with Crippen LogP contribution >= 0.6 is 31.3 Å². The number of carbonyl (C=O) groups excluding carboxylic acids is 1. The van der Waals surface area contributed by atoms with E-state index in [4.69, 9.17) is 35.2 Å². The standard InChI is InChI=1S/C25H42N7O6PS2/c1-15-12-16(38-18(15)17-13-29-20-19(26)30-23(28)31-32(17)20)14-37-39(34,35-8-10-40-21(27)24(2,3)4)36-9-11-41-22(33)25(5,6)7/h13,15-16,18,27H,8-12,14H2,1-7H3,(H4,26,28,30,31). The molecule has 0 amide bonds. The third kappa shape index (κ3) is 9.37. The van der Waals surface area contributed by atoms with Crippen LogP contribution in [0.4, 0.5) is 11.8 Å². The highest BCUT2D eigenvalue weighted by atomic mass is 32.2. The summed E-state index contributed by atoms with van der Waals surface area (Å²) in [7, 11) is -3.98. The molecule has 0 saturated carbocycles. The molecule has 1 aliphatic rings. The Kier molecular flexibility index (Phi) is 11.3. The lowest BCUT2D eigenvalue weighted by Crippen LogP contribution is -2.19. The summed E-state index contributed by atoms with van der Waals surface area (Å²) in [6.07, 6.45) is 1.46.